The molecule has 0 aliphatic carbocycles. The summed E-state index contributed by atoms with van der Waals surface area (Å²) in [4.78, 5) is 0. The molecule has 0 amide bonds. The summed E-state index contributed by atoms with van der Waals surface area (Å²) in [5.74, 6) is 0.101. The van der Waals surface area contributed by atoms with Crippen LogP contribution in [0.25, 0.3) is 0 Å². The maximum Gasteiger partial charge on any atom is 0.134 e. The fourth-order valence-electron chi connectivity index (χ4n) is 1.68. The van der Waals surface area contributed by atoms with Crippen molar-refractivity contribution in [2.24, 2.45) is 0 Å². The van der Waals surface area contributed by atoms with Crippen molar-refractivity contribution in [2.45, 2.75) is 13.0 Å². The van der Waals surface area contributed by atoms with E-state index in [-0.39, 0.29) is 11.8 Å². The van der Waals surface area contributed by atoms with Gasteiger partial charge in [0.15, 0.2) is 0 Å². The summed E-state index contributed by atoms with van der Waals surface area (Å²) >= 11 is 8.16. The molecule has 2 rings (SSSR count). The largest absolute Gasteiger partial charge is 0.506 e. The number of hydrogen-bond acceptors (Lipinski definition) is 2. The van der Waals surface area contributed by atoms with Crippen LogP contribution in [-0.2, 0) is 0 Å². The molecule has 0 aliphatic rings. The predicted molar refractivity (Wildman–Crippen MR) is 84.3 cm³/mol. The van der Waals surface area contributed by atoms with E-state index < -0.39 is 0 Å². The molecule has 0 aliphatic heterocycles. The van der Waals surface area contributed by atoms with Gasteiger partial charge in [-0.05, 0) is 65.4 Å². The third kappa shape index (κ3) is 3.29. The Morgan fingerprint density at radius 1 is 1.17 bits per heavy atom. The molecule has 0 heterocycles. The van der Waals surface area contributed by atoms with Gasteiger partial charge < -0.3 is 10.4 Å². The first-order valence-electron chi connectivity index (χ1n) is 5.57. The summed E-state index contributed by atoms with van der Waals surface area (Å²) in [6.45, 7) is 2.09. The molecule has 2 aromatic carbocycles. The summed E-state index contributed by atoms with van der Waals surface area (Å²) in [5.41, 5.74) is 2.10. The monoisotopic (exact) mass is 373 g/mol. The van der Waals surface area contributed by atoms with Crippen molar-refractivity contribution in [3.05, 3.63) is 56.6 Å². The maximum absolute atomic E-state index is 9.36. The van der Waals surface area contributed by atoms with Gasteiger partial charge in [-0.3, -0.25) is 0 Å². The molecule has 0 spiro atoms. The van der Waals surface area contributed by atoms with Crippen LogP contribution in [0, 0.1) is 3.57 Å². The van der Waals surface area contributed by atoms with Gasteiger partial charge in [0.1, 0.15) is 5.75 Å². The van der Waals surface area contributed by atoms with Crippen molar-refractivity contribution in [2.75, 3.05) is 5.32 Å². The Kier molecular flexibility index (Phi) is 4.35. The van der Waals surface area contributed by atoms with E-state index in [9.17, 15) is 5.11 Å². The molecule has 2 N–H and O–H groups in total. The van der Waals surface area contributed by atoms with Gasteiger partial charge >= 0.3 is 0 Å². The fourth-order valence-corrected chi connectivity index (χ4v) is 2.22. The first kappa shape index (κ1) is 13.5. The summed E-state index contributed by atoms with van der Waals surface area (Å²) in [5, 5.41) is 13.1. The Labute approximate surface area is 125 Å². The van der Waals surface area contributed by atoms with E-state index in [1.807, 2.05) is 6.07 Å². The van der Waals surface area contributed by atoms with Crippen LogP contribution in [0.2, 0.25) is 5.02 Å². The second-order valence-corrected chi connectivity index (χ2v) is 5.74. The lowest BCUT2D eigenvalue weighted by atomic mass is 10.1. The number of hydrogen-bond donors (Lipinski definition) is 2. The topological polar surface area (TPSA) is 32.3 Å². The molecule has 2 nitrogen and oxygen atoms in total. The standard InChI is InChI=1S/C14H13ClINO/c1-9(10-2-4-11(16)5-3-10)17-12-6-7-14(18)13(15)8-12/h2-9,17-18H,1H3. The summed E-state index contributed by atoms with van der Waals surface area (Å²) < 4.78 is 1.22. The minimum absolute atomic E-state index is 0.101. The normalized spacial score (nSPS) is 12.2. The Balaban J connectivity index is 2.13. The van der Waals surface area contributed by atoms with E-state index in [0.29, 0.717) is 5.02 Å². The zero-order valence-electron chi connectivity index (χ0n) is 9.82. The van der Waals surface area contributed by atoms with Gasteiger partial charge in [0.05, 0.1) is 5.02 Å². The van der Waals surface area contributed by atoms with Gasteiger partial charge in [0.25, 0.3) is 0 Å². The smallest absolute Gasteiger partial charge is 0.134 e. The molecule has 0 saturated carbocycles. The Hall–Kier alpha value is -0.940. The highest BCUT2D eigenvalue weighted by molar-refractivity contribution is 14.1. The van der Waals surface area contributed by atoms with Crippen molar-refractivity contribution in [1.29, 1.82) is 0 Å². The molecule has 1 atom stereocenters. The van der Waals surface area contributed by atoms with Crippen molar-refractivity contribution in [3.63, 3.8) is 0 Å². The molecule has 94 valence electrons. The third-order valence-corrected chi connectivity index (χ3v) is 3.72. The SMILES string of the molecule is CC(Nc1ccc(O)c(Cl)c1)c1ccc(I)cc1. The Morgan fingerprint density at radius 2 is 1.83 bits per heavy atom. The Bertz CT molecular complexity index is 542. The number of benzene rings is 2. The van der Waals surface area contributed by atoms with Crippen LogP contribution in [0.1, 0.15) is 18.5 Å². The van der Waals surface area contributed by atoms with Crippen molar-refractivity contribution in [3.8, 4) is 5.75 Å². The van der Waals surface area contributed by atoms with Crippen LogP contribution in [0.4, 0.5) is 5.69 Å². The molecule has 0 radical (unpaired) electrons. The minimum Gasteiger partial charge on any atom is -0.506 e. The highest BCUT2D eigenvalue weighted by atomic mass is 127. The lowest BCUT2D eigenvalue weighted by Crippen LogP contribution is -2.06. The minimum atomic E-state index is 0.101. The second kappa shape index (κ2) is 5.80. The first-order chi connectivity index (χ1) is 8.56. The highest BCUT2D eigenvalue weighted by Gasteiger charge is 2.06. The number of phenols is 1. The molecule has 0 aromatic heterocycles. The number of nitrogens with one attached hydrogen (secondary N) is 1. The van der Waals surface area contributed by atoms with Crippen LogP contribution in [0.3, 0.4) is 0 Å². The first-order valence-corrected chi connectivity index (χ1v) is 7.02. The predicted octanol–water partition coefficient (Wildman–Crippen LogP) is 4.82. The second-order valence-electron chi connectivity index (χ2n) is 4.08. The summed E-state index contributed by atoms with van der Waals surface area (Å²) in [7, 11) is 0. The zero-order valence-corrected chi connectivity index (χ0v) is 12.7. The molecule has 1 unspecified atom stereocenters. The van der Waals surface area contributed by atoms with Crippen LogP contribution >= 0.6 is 34.2 Å². The number of anilines is 1. The van der Waals surface area contributed by atoms with Gasteiger partial charge in [-0.15, -0.1) is 0 Å². The average Bonchev–Trinajstić information content (AvgIpc) is 2.34. The molecule has 18 heavy (non-hydrogen) atoms. The van der Waals surface area contributed by atoms with Crippen molar-refractivity contribution < 1.29 is 5.11 Å². The van der Waals surface area contributed by atoms with Crippen molar-refractivity contribution in [1.82, 2.24) is 0 Å². The van der Waals surface area contributed by atoms with E-state index in [1.165, 1.54) is 9.13 Å². The fraction of sp³-hybridized carbons (Fsp3) is 0.143. The number of rotatable bonds is 3. The van der Waals surface area contributed by atoms with Gasteiger partial charge in [-0.25, -0.2) is 0 Å². The number of aromatic hydroxyl groups is 1. The summed E-state index contributed by atoms with van der Waals surface area (Å²) in [6.07, 6.45) is 0. The molecule has 0 bridgehead atoms. The lowest BCUT2D eigenvalue weighted by molar-refractivity contribution is 0.475. The average molecular weight is 374 g/mol. The van der Waals surface area contributed by atoms with Gasteiger partial charge in [-0.2, -0.15) is 0 Å². The molecule has 0 saturated heterocycles. The molecule has 4 heteroatoms. The van der Waals surface area contributed by atoms with Crippen LogP contribution < -0.4 is 5.32 Å². The van der Waals surface area contributed by atoms with E-state index >= 15 is 0 Å². The zero-order chi connectivity index (χ0) is 13.1. The molecular formula is C14H13ClINO. The van der Waals surface area contributed by atoms with E-state index in [2.05, 4.69) is 59.1 Å². The molecule has 0 fully saturated rings. The molecular weight excluding hydrogens is 361 g/mol. The van der Waals surface area contributed by atoms with Crippen LogP contribution in [0.15, 0.2) is 42.5 Å². The van der Waals surface area contributed by atoms with Crippen LogP contribution in [0.5, 0.6) is 5.75 Å². The highest BCUT2D eigenvalue weighted by Crippen LogP contribution is 2.28. The third-order valence-electron chi connectivity index (χ3n) is 2.70. The number of halogens is 2. The van der Waals surface area contributed by atoms with Crippen LogP contribution in [-0.4, -0.2) is 5.11 Å². The van der Waals surface area contributed by atoms with Gasteiger partial charge in [0.2, 0.25) is 0 Å². The number of phenolic OH excluding ortho intramolecular Hbond substituents is 1. The van der Waals surface area contributed by atoms with Crippen molar-refractivity contribution >= 4 is 39.9 Å². The van der Waals surface area contributed by atoms with Gasteiger partial charge in [-0.1, -0.05) is 23.7 Å². The van der Waals surface area contributed by atoms with E-state index in [1.54, 1.807) is 12.1 Å². The molecule has 2 aromatic rings. The van der Waals surface area contributed by atoms with E-state index in [0.717, 1.165) is 5.69 Å². The Morgan fingerprint density at radius 3 is 2.44 bits per heavy atom. The van der Waals surface area contributed by atoms with Gasteiger partial charge in [0, 0.05) is 15.3 Å². The lowest BCUT2D eigenvalue weighted by Gasteiger charge is -2.16. The quantitative estimate of drug-likeness (QED) is 0.597. The maximum atomic E-state index is 9.36. The summed E-state index contributed by atoms with van der Waals surface area (Å²) in [6, 6.07) is 13.7. The van der Waals surface area contributed by atoms with E-state index in [4.69, 9.17) is 11.6 Å².